The maximum absolute atomic E-state index is 4.31. The van der Waals surface area contributed by atoms with Crippen LogP contribution in [0.4, 0.5) is 10.9 Å². The summed E-state index contributed by atoms with van der Waals surface area (Å²) in [7, 11) is 3.99. The smallest absolute Gasteiger partial charge is 0.185 e. The summed E-state index contributed by atoms with van der Waals surface area (Å²) in [6.45, 7) is 0.766. The zero-order chi connectivity index (χ0) is 11.4. The van der Waals surface area contributed by atoms with Crippen LogP contribution in [0.1, 0.15) is 4.88 Å². The molecular formula is C11H15ClN4S. The average Bonchev–Trinajstić information content (AvgIpc) is 2.76. The summed E-state index contributed by atoms with van der Waals surface area (Å²) in [6, 6.07) is 5.82. The van der Waals surface area contributed by atoms with Crippen LogP contribution in [-0.4, -0.2) is 24.1 Å². The second-order valence-electron chi connectivity index (χ2n) is 3.57. The fraction of sp³-hybridized carbons (Fsp3) is 0.273. The molecule has 2 heterocycles. The number of halogens is 1. The van der Waals surface area contributed by atoms with Crippen LogP contribution < -0.4 is 10.2 Å². The van der Waals surface area contributed by atoms with E-state index >= 15 is 0 Å². The molecule has 1 N–H and O–H groups in total. The van der Waals surface area contributed by atoms with E-state index in [1.807, 2.05) is 43.4 Å². The molecule has 0 unspecified atom stereocenters. The first-order chi connectivity index (χ1) is 7.75. The van der Waals surface area contributed by atoms with Gasteiger partial charge in [-0.15, -0.1) is 23.7 Å². The maximum atomic E-state index is 4.31. The highest BCUT2D eigenvalue weighted by Crippen LogP contribution is 2.20. The molecule has 4 nitrogen and oxygen atoms in total. The number of hydrogen-bond acceptors (Lipinski definition) is 5. The van der Waals surface area contributed by atoms with Crippen molar-refractivity contribution >= 4 is 34.7 Å². The van der Waals surface area contributed by atoms with Gasteiger partial charge in [-0.25, -0.2) is 9.97 Å². The Hall–Kier alpha value is -1.33. The van der Waals surface area contributed by atoms with Gasteiger partial charge in [-0.05, 0) is 12.1 Å². The number of rotatable bonds is 4. The Labute approximate surface area is 111 Å². The summed E-state index contributed by atoms with van der Waals surface area (Å²) in [5.74, 6) is 0.891. The summed E-state index contributed by atoms with van der Waals surface area (Å²) < 4.78 is 0. The van der Waals surface area contributed by atoms with Crippen LogP contribution in [0.15, 0.2) is 30.6 Å². The lowest BCUT2D eigenvalue weighted by Gasteiger charge is -2.05. The lowest BCUT2D eigenvalue weighted by Crippen LogP contribution is -2.07. The third-order valence-electron chi connectivity index (χ3n) is 2.03. The summed E-state index contributed by atoms with van der Waals surface area (Å²) in [5, 5.41) is 4.28. The van der Waals surface area contributed by atoms with E-state index in [2.05, 4.69) is 15.3 Å². The fourth-order valence-electron chi connectivity index (χ4n) is 1.23. The Morgan fingerprint density at radius 1 is 1.29 bits per heavy atom. The third-order valence-corrected chi connectivity index (χ3v) is 3.20. The van der Waals surface area contributed by atoms with E-state index in [1.54, 1.807) is 17.5 Å². The second-order valence-corrected chi connectivity index (χ2v) is 4.67. The van der Waals surface area contributed by atoms with Crippen molar-refractivity contribution in [2.45, 2.75) is 6.54 Å². The molecule has 0 spiro atoms. The molecule has 0 saturated heterocycles. The van der Waals surface area contributed by atoms with Crippen LogP contribution in [0.5, 0.6) is 0 Å². The molecule has 2 rings (SSSR count). The van der Waals surface area contributed by atoms with Crippen LogP contribution in [0, 0.1) is 0 Å². The summed E-state index contributed by atoms with van der Waals surface area (Å²) in [6.07, 6.45) is 3.68. The van der Waals surface area contributed by atoms with E-state index in [4.69, 9.17) is 0 Å². The van der Waals surface area contributed by atoms with Gasteiger partial charge in [0.1, 0.15) is 5.82 Å². The van der Waals surface area contributed by atoms with Crippen LogP contribution in [0.25, 0.3) is 0 Å². The number of pyridine rings is 1. The molecule has 0 aliphatic rings. The predicted octanol–water partition coefficient (Wildman–Crippen LogP) is 2.64. The Bertz CT molecular complexity index is 444. The predicted molar refractivity (Wildman–Crippen MR) is 75.3 cm³/mol. The van der Waals surface area contributed by atoms with E-state index in [-0.39, 0.29) is 12.4 Å². The summed E-state index contributed by atoms with van der Waals surface area (Å²) in [4.78, 5) is 11.7. The van der Waals surface area contributed by atoms with Gasteiger partial charge in [-0.2, -0.15) is 0 Å². The van der Waals surface area contributed by atoms with Gasteiger partial charge in [0.05, 0.1) is 6.54 Å². The lowest BCUT2D eigenvalue weighted by molar-refractivity contribution is 1.10. The van der Waals surface area contributed by atoms with Gasteiger partial charge >= 0.3 is 0 Å². The van der Waals surface area contributed by atoms with Crippen molar-refractivity contribution in [2.75, 3.05) is 24.3 Å². The molecule has 6 heteroatoms. The Morgan fingerprint density at radius 2 is 2.12 bits per heavy atom. The Balaban J connectivity index is 0.00000144. The highest BCUT2D eigenvalue weighted by atomic mass is 35.5. The molecule has 0 aliphatic carbocycles. The Kier molecular flexibility index (Phi) is 5.18. The number of thiazole rings is 1. The number of hydrogen-bond donors (Lipinski definition) is 1. The molecule has 0 saturated carbocycles. The van der Waals surface area contributed by atoms with Crippen molar-refractivity contribution in [3.63, 3.8) is 0 Å². The van der Waals surface area contributed by atoms with Crippen LogP contribution in [-0.2, 0) is 6.54 Å². The number of nitrogens with one attached hydrogen (secondary N) is 1. The molecule has 0 bridgehead atoms. The molecule has 2 aromatic heterocycles. The van der Waals surface area contributed by atoms with Crippen molar-refractivity contribution in [3.8, 4) is 0 Å². The molecule has 0 radical (unpaired) electrons. The fourth-order valence-corrected chi connectivity index (χ4v) is 2.00. The van der Waals surface area contributed by atoms with E-state index in [1.165, 1.54) is 4.88 Å². The largest absolute Gasteiger partial charge is 0.365 e. The quantitative estimate of drug-likeness (QED) is 0.927. The lowest BCUT2D eigenvalue weighted by atomic mass is 10.4. The van der Waals surface area contributed by atoms with E-state index < -0.39 is 0 Å². The highest BCUT2D eigenvalue weighted by Gasteiger charge is 2.03. The molecule has 0 aliphatic heterocycles. The van der Waals surface area contributed by atoms with Crippen molar-refractivity contribution in [3.05, 3.63) is 35.5 Å². The topological polar surface area (TPSA) is 41.1 Å². The van der Waals surface area contributed by atoms with Crippen molar-refractivity contribution in [1.82, 2.24) is 9.97 Å². The second kappa shape index (κ2) is 6.42. The zero-order valence-electron chi connectivity index (χ0n) is 9.75. The minimum atomic E-state index is 0. The van der Waals surface area contributed by atoms with Gasteiger partial charge < -0.3 is 10.2 Å². The standard InChI is InChI=1S/C11H14N4S.ClH/c1-15(2)11-14-8-9(16-11)7-13-10-5-3-4-6-12-10;/h3-6,8H,7H2,1-2H3,(H,12,13);1H. The van der Waals surface area contributed by atoms with Gasteiger partial charge in [0, 0.05) is 31.4 Å². The molecule has 0 amide bonds. The Morgan fingerprint density at radius 3 is 2.71 bits per heavy atom. The minimum absolute atomic E-state index is 0. The summed E-state index contributed by atoms with van der Waals surface area (Å²) >= 11 is 1.68. The van der Waals surface area contributed by atoms with Crippen molar-refractivity contribution < 1.29 is 0 Å². The number of anilines is 2. The van der Waals surface area contributed by atoms with Gasteiger partial charge in [0.15, 0.2) is 5.13 Å². The molecule has 0 atom stereocenters. The minimum Gasteiger partial charge on any atom is -0.365 e. The monoisotopic (exact) mass is 270 g/mol. The van der Waals surface area contributed by atoms with Crippen LogP contribution in [0.3, 0.4) is 0 Å². The molecule has 0 fully saturated rings. The van der Waals surface area contributed by atoms with Gasteiger partial charge in [-0.3, -0.25) is 0 Å². The van der Waals surface area contributed by atoms with Crippen LogP contribution >= 0.6 is 23.7 Å². The van der Waals surface area contributed by atoms with Gasteiger partial charge in [0.25, 0.3) is 0 Å². The zero-order valence-corrected chi connectivity index (χ0v) is 11.4. The van der Waals surface area contributed by atoms with Crippen molar-refractivity contribution in [1.29, 1.82) is 0 Å². The van der Waals surface area contributed by atoms with Gasteiger partial charge in [0.2, 0.25) is 0 Å². The molecule has 0 aromatic carbocycles. The number of aromatic nitrogens is 2. The van der Waals surface area contributed by atoms with Gasteiger partial charge in [-0.1, -0.05) is 6.07 Å². The number of nitrogens with zero attached hydrogens (tertiary/aromatic N) is 3. The first kappa shape index (κ1) is 13.7. The van der Waals surface area contributed by atoms with Crippen LogP contribution in [0.2, 0.25) is 0 Å². The molecular weight excluding hydrogens is 256 g/mol. The third kappa shape index (κ3) is 3.87. The SMILES string of the molecule is CN(C)c1ncc(CNc2ccccn2)s1.Cl. The first-order valence-corrected chi connectivity index (χ1v) is 5.84. The summed E-state index contributed by atoms with van der Waals surface area (Å²) in [5.41, 5.74) is 0. The van der Waals surface area contributed by atoms with E-state index in [0.717, 1.165) is 17.5 Å². The van der Waals surface area contributed by atoms with E-state index in [9.17, 15) is 0 Å². The van der Waals surface area contributed by atoms with Crippen molar-refractivity contribution in [2.24, 2.45) is 0 Å². The van der Waals surface area contributed by atoms with E-state index in [0.29, 0.717) is 0 Å². The molecule has 2 aromatic rings. The normalized spacial score (nSPS) is 9.53. The molecule has 92 valence electrons. The highest BCUT2D eigenvalue weighted by molar-refractivity contribution is 7.15. The average molecular weight is 271 g/mol. The molecule has 17 heavy (non-hydrogen) atoms. The maximum Gasteiger partial charge on any atom is 0.185 e. The first-order valence-electron chi connectivity index (χ1n) is 5.02.